The summed E-state index contributed by atoms with van der Waals surface area (Å²) in [5.74, 6) is 1.33. The van der Waals surface area contributed by atoms with Crippen LogP contribution in [-0.4, -0.2) is 20.1 Å². The van der Waals surface area contributed by atoms with Crippen LogP contribution in [0.4, 0.5) is 0 Å². The molecular weight excluding hydrogens is 326 g/mol. The summed E-state index contributed by atoms with van der Waals surface area (Å²) in [5.41, 5.74) is 4.46. The number of benzene rings is 2. The third kappa shape index (κ3) is 3.85. The Hall–Kier alpha value is -2.49. The van der Waals surface area contributed by atoms with Gasteiger partial charge in [-0.2, -0.15) is 0 Å². The van der Waals surface area contributed by atoms with Crippen molar-refractivity contribution in [3.05, 3.63) is 58.7 Å². The lowest BCUT2D eigenvalue weighted by Crippen LogP contribution is -2.28. The highest BCUT2D eigenvalue weighted by Gasteiger charge is 2.18. The van der Waals surface area contributed by atoms with Crippen molar-refractivity contribution in [1.82, 2.24) is 5.32 Å². The number of aryl methyl sites for hydroxylation is 2. The predicted molar refractivity (Wildman–Crippen MR) is 103 cm³/mol. The molecule has 4 nitrogen and oxygen atoms in total. The second-order valence-corrected chi connectivity index (χ2v) is 6.74. The highest BCUT2D eigenvalue weighted by Crippen LogP contribution is 2.31. The van der Waals surface area contributed by atoms with E-state index in [4.69, 9.17) is 9.47 Å². The van der Waals surface area contributed by atoms with E-state index in [0.29, 0.717) is 11.5 Å². The molecule has 0 spiro atoms. The summed E-state index contributed by atoms with van der Waals surface area (Å²) < 4.78 is 10.7. The SMILES string of the molecule is CCC(NC(=O)c1ccc2c(c1)CCCC2)c1ccc(OC)c(OC)c1. The molecule has 3 rings (SSSR count). The summed E-state index contributed by atoms with van der Waals surface area (Å²) in [4.78, 5) is 12.8. The number of fused-ring (bicyclic) bond motifs is 1. The third-order valence-corrected chi connectivity index (χ3v) is 5.13. The molecule has 0 aliphatic heterocycles. The van der Waals surface area contributed by atoms with Crippen LogP contribution in [0, 0.1) is 0 Å². The Bertz CT molecular complexity index is 785. The summed E-state index contributed by atoms with van der Waals surface area (Å²) in [6.07, 6.45) is 5.45. The Morgan fingerprint density at radius 1 is 1.00 bits per heavy atom. The minimum Gasteiger partial charge on any atom is -0.493 e. The molecule has 138 valence electrons. The van der Waals surface area contributed by atoms with Crippen LogP contribution in [0.15, 0.2) is 36.4 Å². The Morgan fingerprint density at radius 2 is 1.73 bits per heavy atom. The van der Waals surface area contributed by atoms with Gasteiger partial charge in [0.2, 0.25) is 0 Å². The fraction of sp³-hybridized carbons (Fsp3) is 0.409. The lowest BCUT2D eigenvalue weighted by atomic mass is 9.90. The van der Waals surface area contributed by atoms with Gasteiger partial charge in [0, 0.05) is 5.56 Å². The Labute approximate surface area is 155 Å². The van der Waals surface area contributed by atoms with Gasteiger partial charge in [-0.3, -0.25) is 4.79 Å². The lowest BCUT2D eigenvalue weighted by Gasteiger charge is -2.20. The van der Waals surface area contributed by atoms with Crippen molar-refractivity contribution in [3.63, 3.8) is 0 Å². The number of hydrogen-bond acceptors (Lipinski definition) is 3. The highest BCUT2D eigenvalue weighted by molar-refractivity contribution is 5.94. The van der Waals surface area contributed by atoms with Crippen LogP contribution < -0.4 is 14.8 Å². The van der Waals surface area contributed by atoms with Crippen molar-refractivity contribution >= 4 is 5.91 Å². The predicted octanol–water partition coefficient (Wildman–Crippen LogP) is 4.46. The van der Waals surface area contributed by atoms with E-state index in [1.807, 2.05) is 24.3 Å². The van der Waals surface area contributed by atoms with Gasteiger partial charge in [-0.1, -0.05) is 19.1 Å². The monoisotopic (exact) mass is 353 g/mol. The van der Waals surface area contributed by atoms with Crippen molar-refractivity contribution in [2.45, 2.75) is 45.1 Å². The maximum Gasteiger partial charge on any atom is 0.251 e. The summed E-state index contributed by atoms with van der Waals surface area (Å²) in [6.45, 7) is 2.06. The molecule has 2 aromatic carbocycles. The van der Waals surface area contributed by atoms with Crippen molar-refractivity contribution in [1.29, 1.82) is 0 Å². The van der Waals surface area contributed by atoms with Gasteiger partial charge < -0.3 is 14.8 Å². The van der Waals surface area contributed by atoms with Gasteiger partial charge in [0.1, 0.15) is 0 Å². The smallest absolute Gasteiger partial charge is 0.251 e. The minimum atomic E-state index is -0.0710. The first kappa shape index (κ1) is 18.3. The standard InChI is InChI=1S/C22H27NO3/c1-4-19(17-11-12-20(25-2)21(14-17)26-3)23-22(24)18-10-9-15-7-5-6-8-16(15)13-18/h9-14,19H,4-8H2,1-3H3,(H,23,24). The van der Waals surface area contributed by atoms with E-state index in [1.165, 1.54) is 24.0 Å². The van der Waals surface area contributed by atoms with Gasteiger partial charge in [0.15, 0.2) is 11.5 Å². The van der Waals surface area contributed by atoms with E-state index in [1.54, 1.807) is 14.2 Å². The van der Waals surface area contributed by atoms with E-state index in [2.05, 4.69) is 24.4 Å². The number of ether oxygens (including phenoxy) is 2. The largest absolute Gasteiger partial charge is 0.493 e. The van der Waals surface area contributed by atoms with E-state index in [-0.39, 0.29) is 11.9 Å². The summed E-state index contributed by atoms with van der Waals surface area (Å²) in [5, 5.41) is 3.16. The van der Waals surface area contributed by atoms with Crippen LogP contribution in [0.2, 0.25) is 0 Å². The normalized spacial score (nSPS) is 14.3. The average molecular weight is 353 g/mol. The second kappa shape index (κ2) is 8.26. The van der Waals surface area contributed by atoms with Crippen LogP contribution in [0.25, 0.3) is 0 Å². The molecule has 0 heterocycles. The van der Waals surface area contributed by atoms with Crippen molar-refractivity contribution in [2.75, 3.05) is 14.2 Å². The summed E-state index contributed by atoms with van der Waals surface area (Å²) >= 11 is 0. The van der Waals surface area contributed by atoms with Gasteiger partial charge >= 0.3 is 0 Å². The number of carbonyl (C=O) groups is 1. The maximum absolute atomic E-state index is 12.8. The van der Waals surface area contributed by atoms with E-state index < -0.39 is 0 Å². The quantitative estimate of drug-likeness (QED) is 0.834. The summed E-state index contributed by atoms with van der Waals surface area (Å²) in [7, 11) is 3.24. The summed E-state index contributed by atoms with van der Waals surface area (Å²) in [6, 6.07) is 11.8. The zero-order chi connectivity index (χ0) is 18.5. The molecule has 0 saturated heterocycles. The van der Waals surface area contributed by atoms with E-state index in [9.17, 15) is 4.79 Å². The molecule has 0 bridgehead atoms. The Morgan fingerprint density at radius 3 is 2.42 bits per heavy atom. The van der Waals surface area contributed by atoms with Gasteiger partial charge in [-0.05, 0) is 73.1 Å². The fourth-order valence-corrected chi connectivity index (χ4v) is 3.61. The van der Waals surface area contributed by atoms with Crippen molar-refractivity contribution in [2.24, 2.45) is 0 Å². The first-order chi connectivity index (χ1) is 12.7. The maximum atomic E-state index is 12.8. The molecule has 0 aromatic heterocycles. The molecule has 1 aliphatic rings. The lowest BCUT2D eigenvalue weighted by molar-refractivity contribution is 0.0935. The zero-order valence-electron chi connectivity index (χ0n) is 15.8. The number of rotatable bonds is 6. The molecule has 1 atom stereocenters. The van der Waals surface area contributed by atoms with Crippen LogP contribution in [0.5, 0.6) is 11.5 Å². The Kier molecular flexibility index (Phi) is 5.82. The number of carbonyl (C=O) groups excluding carboxylic acids is 1. The number of amides is 1. The fourth-order valence-electron chi connectivity index (χ4n) is 3.61. The average Bonchev–Trinajstić information content (AvgIpc) is 2.70. The van der Waals surface area contributed by atoms with Crippen molar-refractivity contribution in [3.8, 4) is 11.5 Å². The molecule has 4 heteroatoms. The molecule has 1 aliphatic carbocycles. The number of methoxy groups -OCH3 is 2. The Balaban J connectivity index is 1.78. The molecule has 2 aromatic rings. The molecular formula is C22H27NO3. The highest BCUT2D eigenvalue weighted by atomic mass is 16.5. The molecule has 0 fully saturated rings. The number of hydrogen-bond donors (Lipinski definition) is 1. The van der Waals surface area contributed by atoms with Crippen LogP contribution in [0.1, 0.15) is 59.3 Å². The van der Waals surface area contributed by atoms with E-state index in [0.717, 1.165) is 30.4 Å². The first-order valence-corrected chi connectivity index (χ1v) is 9.30. The number of nitrogens with one attached hydrogen (secondary N) is 1. The molecule has 1 amide bonds. The van der Waals surface area contributed by atoms with Crippen molar-refractivity contribution < 1.29 is 14.3 Å². The first-order valence-electron chi connectivity index (χ1n) is 9.30. The van der Waals surface area contributed by atoms with Gasteiger partial charge in [0.25, 0.3) is 5.91 Å². The topological polar surface area (TPSA) is 47.6 Å². The molecule has 0 saturated carbocycles. The molecule has 26 heavy (non-hydrogen) atoms. The van der Waals surface area contributed by atoms with Crippen LogP contribution in [0.3, 0.4) is 0 Å². The van der Waals surface area contributed by atoms with E-state index >= 15 is 0 Å². The van der Waals surface area contributed by atoms with Gasteiger partial charge in [0.05, 0.1) is 20.3 Å². The molecule has 1 N–H and O–H groups in total. The zero-order valence-corrected chi connectivity index (χ0v) is 15.8. The molecule has 1 unspecified atom stereocenters. The van der Waals surface area contributed by atoms with Crippen LogP contribution in [-0.2, 0) is 12.8 Å². The third-order valence-electron chi connectivity index (χ3n) is 5.13. The van der Waals surface area contributed by atoms with Gasteiger partial charge in [-0.15, -0.1) is 0 Å². The molecule has 0 radical (unpaired) electrons. The minimum absolute atomic E-state index is 0.0278. The van der Waals surface area contributed by atoms with Crippen LogP contribution >= 0.6 is 0 Å². The van der Waals surface area contributed by atoms with Gasteiger partial charge in [-0.25, -0.2) is 0 Å². The second-order valence-electron chi connectivity index (χ2n) is 6.74.